The monoisotopic (exact) mass is 422 g/mol. The van der Waals surface area contributed by atoms with Crippen LogP contribution in [0.5, 0.6) is 11.5 Å². The number of fused-ring (bicyclic) bond motifs is 2. The van der Waals surface area contributed by atoms with Crippen molar-refractivity contribution in [1.29, 1.82) is 0 Å². The van der Waals surface area contributed by atoms with Crippen LogP contribution >= 0.6 is 0 Å². The molecule has 0 saturated heterocycles. The average Bonchev–Trinajstić information content (AvgIpc) is 2.90. The molecule has 1 heterocycles. The van der Waals surface area contributed by atoms with E-state index in [1.807, 2.05) is 24.3 Å². The Morgan fingerprint density at radius 3 is 1.45 bits per heavy atom. The maximum atomic E-state index is 6.27. The predicted octanol–water partition coefficient (Wildman–Crippen LogP) is 8.47. The van der Waals surface area contributed by atoms with E-state index >= 15 is 0 Å². The third-order valence-electron chi connectivity index (χ3n) is 6.13. The molecule has 1 aliphatic heterocycles. The highest BCUT2D eigenvalue weighted by Gasteiger charge is 2.25. The summed E-state index contributed by atoms with van der Waals surface area (Å²) in [7, 11) is 0. The minimum Gasteiger partial charge on any atom is -0.456 e. The lowest BCUT2D eigenvalue weighted by atomic mass is 9.84. The number of hydrogen-bond acceptors (Lipinski definition) is 1. The Labute approximate surface area is 194 Å². The molecule has 0 aromatic heterocycles. The minimum atomic E-state index is 0.889. The Hall–Kier alpha value is -4.36. The standard InChI is InChI=1S/C32H22O/c1-3-11-23(12-4-1)24-19-21-26(22-20-24)31(25-13-5-2-6-14-25)32-27-15-7-9-17-29(27)33-30-18-10-8-16-28(30)32/h1-22H. The second-order valence-corrected chi connectivity index (χ2v) is 8.15. The van der Waals surface area contributed by atoms with Crippen LogP contribution in [0.2, 0.25) is 0 Å². The Morgan fingerprint density at radius 1 is 0.394 bits per heavy atom. The Bertz CT molecular complexity index is 1400. The van der Waals surface area contributed by atoms with E-state index < -0.39 is 0 Å². The van der Waals surface area contributed by atoms with E-state index in [0.29, 0.717) is 0 Å². The highest BCUT2D eigenvalue weighted by molar-refractivity contribution is 6.07. The smallest absolute Gasteiger partial charge is 0.135 e. The first-order valence-electron chi connectivity index (χ1n) is 11.2. The molecule has 1 heteroatoms. The quantitative estimate of drug-likeness (QED) is 0.278. The molecule has 1 nitrogen and oxygen atoms in total. The number of benzene rings is 5. The fourth-order valence-electron chi connectivity index (χ4n) is 4.58. The van der Waals surface area contributed by atoms with Crippen molar-refractivity contribution in [3.63, 3.8) is 0 Å². The molecule has 0 radical (unpaired) electrons. The van der Waals surface area contributed by atoms with Crippen LogP contribution in [0.3, 0.4) is 0 Å². The lowest BCUT2D eigenvalue weighted by molar-refractivity contribution is 0.474. The summed E-state index contributed by atoms with van der Waals surface area (Å²) >= 11 is 0. The molecule has 156 valence electrons. The predicted molar refractivity (Wildman–Crippen MR) is 136 cm³/mol. The van der Waals surface area contributed by atoms with Gasteiger partial charge in [0.15, 0.2) is 0 Å². The van der Waals surface area contributed by atoms with Crippen LogP contribution < -0.4 is 4.74 Å². The van der Waals surface area contributed by atoms with Crippen LogP contribution in [0, 0.1) is 0 Å². The maximum Gasteiger partial charge on any atom is 0.135 e. The largest absolute Gasteiger partial charge is 0.456 e. The van der Waals surface area contributed by atoms with Gasteiger partial charge >= 0.3 is 0 Å². The molecule has 0 aliphatic carbocycles. The van der Waals surface area contributed by atoms with Crippen LogP contribution in [-0.4, -0.2) is 0 Å². The Balaban J connectivity index is 1.63. The van der Waals surface area contributed by atoms with Crippen molar-refractivity contribution in [2.75, 3.05) is 0 Å². The first kappa shape index (κ1) is 19.3. The molecular weight excluding hydrogens is 400 g/mol. The maximum absolute atomic E-state index is 6.27. The molecular formula is C32H22O. The normalized spacial score (nSPS) is 11.8. The van der Waals surface area contributed by atoms with Crippen LogP contribution in [0.25, 0.3) is 22.3 Å². The summed E-state index contributed by atoms with van der Waals surface area (Å²) in [6, 6.07) is 46.7. The van der Waals surface area contributed by atoms with Gasteiger partial charge in [-0.05, 0) is 40.0 Å². The molecule has 0 spiro atoms. The van der Waals surface area contributed by atoms with E-state index in [1.165, 1.54) is 33.4 Å². The molecule has 0 saturated carbocycles. The number of hydrogen-bond donors (Lipinski definition) is 0. The zero-order chi connectivity index (χ0) is 22.0. The van der Waals surface area contributed by atoms with Crippen molar-refractivity contribution < 1.29 is 4.74 Å². The molecule has 5 aromatic rings. The first-order chi connectivity index (χ1) is 16.4. The van der Waals surface area contributed by atoms with Crippen LogP contribution in [0.15, 0.2) is 133 Å². The summed E-state index contributed by atoms with van der Waals surface area (Å²) in [5, 5.41) is 0. The summed E-state index contributed by atoms with van der Waals surface area (Å²) in [6.07, 6.45) is 0. The van der Waals surface area contributed by atoms with Gasteiger partial charge in [0.05, 0.1) is 0 Å². The van der Waals surface area contributed by atoms with Gasteiger partial charge in [-0.15, -0.1) is 0 Å². The summed E-state index contributed by atoms with van der Waals surface area (Å²) in [6.45, 7) is 0. The van der Waals surface area contributed by atoms with Gasteiger partial charge in [-0.25, -0.2) is 0 Å². The van der Waals surface area contributed by atoms with Crippen LogP contribution in [0.4, 0.5) is 0 Å². The minimum absolute atomic E-state index is 0.889. The first-order valence-corrected chi connectivity index (χ1v) is 11.2. The van der Waals surface area contributed by atoms with Gasteiger partial charge in [-0.1, -0.05) is 121 Å². The molecule has 0 unspecified atom stereocenters. The van der Waals surface area contributed by atoms with Crippen molar-refractivity contribution in [3.05, 3.63) is 156 Å². The summed E-state index contributed by atoms with van der Waals surface area (Å²) in [5.41, 5.74) is 9.44. The number of rotatable bonds is 3. The third-order valence-corrected chi connectivity index (χ3v) is 6.13. The molecule has 33 heavy (non-hydrogen) atoms. The zero-order valence-electron chi connectivity index (χ0n) is 18.1. The van der Waals surface area contributed by atoms with E-state index in [9.17, 15) is 0 Å². The lowest BCUT2D eigenvalue weighted by Crippen LogP contribution is -2.05. The van der Waals surface area contributed by atoms with Gasteiger partial charge < -0.3 is 4.74 Å². The van der Waals surface area contributed by atoms with Crippen molar-refractivity contribution in [1.82, 2.24) is 0 Å². The average molecular weight is 423 g/mol. The summed E-state index contributed by atoms with van der Waals surface area (Å²) < 4.78 is 6.27. The van der Waals surface area contributed by atoms with Gasteiger partial charge in [-0.2, -0.15) is 0 Å². The molecule has 0 amide bonds. The molecule has 0 fully saturated rings. The second-order valence-electron chi connectivity index (χ2n) is 8.15. The molecule has 0 N–H and O–H groups in total. The summed E-state index contributed by atoms with van der Waals surface area (Å²) in [4.78, 5) is 0. The van der Waals surface area contributed by atoms with E-state index in [1.54, 1.807) is 0 Å². The lowest BCUT2D eigenvalue weighted by Gasteiger charge is -2.26. The van der Waals surface area contributed by atoms with Crippen molar-refractivity contribution in [2.45, 2.75) is 0 Å². The molecule has 0 bridgehead atoms. The van der Waals surface area contributed by atoms with Gasteiger partial charge in [0, 0.05) is 16.7 Å². The highest BCUT2D eigenvalue weighted by Crippen LogP contribution is 2.48. The highest BCUT2D eigenvalue weighted by atomic mass is 16.5. The Kier molecular flexibility index (Phi) is 4.86. The van der Waals surface area contributed by atoms with Gasteiger partial charge in [0.1, 0.15) is 11.5 Å². The molecule has 0 atom stereocenters. The summed E-state index contributed by atoms with van der Waals surface area (Å²) in [5.74, 6) is 1.78. The SMILES string of the molecule is c1ccc(C(=C2c3ccccc3Oc3ccccc32)c2ccc(-c3ccccc3)cc2)cc1. The fraction of sp³-hybridized carbons (Fsp3) is 0. The fourth-order valence-corrected chi connectivity index (χ4v) is 4.58. The third kappa shape index (κ3) is 3.54. The van der Waals surface area contributed by atoms with Crippen molar-refractivity contribution in [3.8, 4) is 22.6 Å². The zero-order valence-corrected chi connectivity index (χ0v) is 18.1. The topological polar surface area (TPSA) is 9.23 Å². The van der Waals surface area contributed by atoms with Crippen LogP contribution in [0.1, 0.15) is 22.3 Å². The van der Waals surface area contributed by atoms with Crippen LogP contribution in [-0.2, 0) is 0 Å². The molecule has 5 aromatic carbocycles. The van der Waals surface area contributed by atoms with E-state index in [0.717, 1.165) is 22.6 Å². The second kappa shape index (κ2) is 8.29. The van der Waals surface area contributed by atoms with E-state index in [4.69, 9.17) is 4.74 Å². The van der Waals surface area contributed by atoms with Gasteiger partial charge in [0.2, 0.25) is 0 Å². The van der Waals surface area contributed by atoms with Gasteiger partial charge in [0.25, 0.3) is 0 Å². The number of ether oxygens (including phenoxy) is 1. The van der Waals surface area contributed by atoms with Gasteiger partial charge in [-0.3, -0.25) is 0 Å². The van der Waals surface area contributed by atoms with E-state index in [2.05, 4.69) is 109 Å². The van der Waals surface area contributed by atoms with Crippen molar-refractivity contribution in [2.24, 2.45) is 0 Å². The Morgan fingerprint density at radius 2 is 0.848 bits per heavy atom. The van der Waals surface area contributed by atoms with E-state index in [-0.39, 0.29) is 0 Å². The molecule has 6 rings (SSSR count). The number of para-hydroxylation sites is 2. The molecule has 1 aliphatic rings. The van der Waals surface area contributed by atoms with Crippen molar-refractivity contribution >= 4 is 11.1 Å².